The Morgan fingerprint density at radius 2 is 2.07 bits per heavy atom. The molecular formula is C21H21N5O3. The molecule has 2 fully saturated rings. The van der Waals surface area contributed by atoms with Gasteiger partial charge in [0.25, 0.3) is 5.91 Å². The topological polar surface area (TPSA) is 101 Å². The van der Waals surface area contributed by atoms with Gasteiger partial charge in [0.2, 0.25) is 0 Å². The number of carbonyl (C=O) groups excluding carboxylic acids is 1. The molecule has 3 aromatic rings. The van der Waals surface area contributed by atoms with Gasteiger partial charge in [0.15, 0.2) is 5.69 Å². The Bertz CT molecular complexity index is 1120. The minimum Gasteiger partial charge on any atom is -0.480 e. The molecule has 1 saturated heterocycles. The van der Waals surface area contributed by atoms with Crippen LogP contribution in [0, 0.1) is 18.8 Å². The first kappa shape index (κ1) is 17.8. The second-order valence-electron chi connectivity index (χ2n) is 7.90. The SMILES string of the molecule is Cc1c(C(=O)N2CC3CCCC3C2C(=O)O)nnn1-c1cccc2cnccc12. The lowest BCUT2D eigenvalue weighted by atomic mass is 9.94. The number of likely N-dealkylation sites (tertiary alicyclic amines) is 1. The van der Waals surface area contributed by atoms with Crippen molar-refractivity contribution in [1.82, 2.24) is 24.9 Å². The van der Waals surface area contributed by atoms with Crippen molar-refractivity contribution in [3.63, 3.8) is 0 Å². The third kappa shape index (κ3) is 2.70. The summed E-state index contributed by atoms with van der Waals surface area (Å²) in [5.74, 6) is -0.977. The van der Waals surface area contributed by atoms with Gasteiger partial charge in [0.05, 0.1) is 11.4 Å². The molecule has 8 nitrogen and oxygen atoms in total. The molecule has 0 spiro atoms. The van der Waals surface area contributed by atoms with Crippen molar-refractivity contribution in [2.45, 2.75) is 32.2 Å². The molecular weight excluding hydrogens is 370 g/mol. The summed E-state index contributed by atoms with van der Waals surface area (Å²) in [6.07, 6.45) is 6.36. The van der Waals surface area contributed by atoms with Crippen molar-refractivity contribution in [3.8, 4) is 5.69 Å². The number of carboxylic acids is 1. The summed E-state index contributed by atoms with van der Waals surface area (Å²) in [7, 11) is 0. The molecule has 3 atom stereocenters. The molecule has 8 heteroatoms. The Balaban J connectivity index is 1.53. The van der Waals surface area contributed by atoms with Crippen LogP contribution in [0.25, 0.3) is 16.5 Å². The van der Waals surface area contributed by atoms with Crippen molar-refractivity contribution in [3.05, 3.63) is 48.0 Å². The van der Waals surface area contributed by atoms with Gasteiger partial charge in [-0.1, -0.05) is 23.8 Å². The van der Waals surface area contributed by atoms with Crippen LogP contribution in [0.2, 0.25) is 0 Å². The zero-order valence-electron chi connectivity index (χ0n) is 16.0. The Labute approximate surface area is 167 Å². The summed E-state index contributed by atoms with van der Waals surface area (Å²) < 4.78 is 1.64. The van der Waals surface area contributed by atoms with Gasteiger partial charge >= 0.3 is 5.97 Å². The van der Waals surface area contributed by atoms with E-state index in [1.165, 1.54) is 4.90 Å². The van der Waals surface area contributed by atoms with E-state index in [-0.39, 0.29) is 23.4 Å². The fraction of sp³-hybridized carbons (Fsp3) is 0.381. The number of carbonyl (C=O) groups is 2. The number of fused-ring (bicyclic) bond motifs is 2. The molecule has 2 aromatic heterocycles. The molecule has 3 unspecified atom stereocenters. The van der Waals surface area contributed by atoms with Gasteiger partial charge in [-0.15, -0.1) is 5.10 Å². The number of hydrogen-bond donors (Lipinski definition) is 1. The second kappa shape index (κ2) is 6.65. The zero-order chi connectivity index (χ0) is 20.1. The highest BCUT2D eigenvalue weighted by Gasteiger charge is 2.50. The number of amides is 1. The predicted octanol–water partition coefficient (Wildman–Crippen LogP) is 2.45. The normalized spacial score (nSPS) is 23.5. The van der Waals surface area contributed by atoms with Gasteiger partial charge in [-0.2, -0.15) is 0 Å². The summed E-state index contributed by atoms with van der Waals surface area (Å²) in [6, 6.07) is 6.91. The van der Waals surface area contributed by atoms with Crippen LogP contribution in [0.1, 0.15) is 35.4 Å². The molecule has 5 rings (SSSR count). The van der Waals surface area contributed by atoms with Crippen LogP contribution in [0.3, 0.4) is 0 Å². The van der Waals surface area contributed by atoms with E-state index < -0.39 is 12.0 Å². The van der Waals surface area contributed by atoms with E-state index in [1.807, 2.05) is 24.3 Å². The van der Waals surface area contributed by atoms with Crippen molar-refractivity contribution in [2.24, 2.45) is 11.8 Å². The highest BCUT2D eigenvalue weighted by atomic mass is 16.4. The summed E-state index contributed by atoms with van der Waals surface area (Å²) in [5, 5.41) is 20.0. The molecule has 1 amide bonds. The first-order valence-electron chi connectivity index (χ1n) is 9.85. The number of aromatic nitrogens is 4. The molecule has 0 radical (unpaired) electrons. The molecule has 1 saturated carbocycles. The average molecular weight is 391 g/mol. The summed E-state index contributed by atoms with van der Waals surface area (Å²) >= 11 is 0. The second-order valence-corrected chi connectivity index (χ2v) is 7.90. The van der Waals surface area contributed by atoms with E-state index in [0.29, 0.717) is 12.2 Å². The number of aliphatic carboxylic acids is 1. The Morgan fingerprint density at radius 3 is 2.90 bits per heavy atom. The van der Waals surface area contributed by atoms with E-state index >= 15 is 0 Å². The van der Waals surface area contributed by atoms with Gasteiger partial charge in [-0.05, 0) is 43.7 Å². The molecule has 1 N–H and O–H groups in total. The smallest absolute Gasteiger partial charge is 0.326 e. The summed E-state index contributed by atoms with van der Waals surface area (Å²) in [6.45, 7) is 2.27. The highest BCUT2D eigenvalue weighted by molar-refractivity contribution is 5.97. The Hall–Kier alpha value is -3.29. The maximum absolute atomic E-state index is 13.3. The predicted molar refractivity (Wildman–Crippen MR) is 105 cm³/mol. The Kier molecular flexibility index (Phi) is 4.08. The monoisotopic (exact) mass is 391 g/mol. The van der Waals surface area contributed by atoms with Crippen LogP contribution < -0.4 is 0 Å². The zero-order valence-corrected chi connectivity index (χ0v) is 16.0. The van der Waals surface area contributed by atoms with E-state index in [0.717, 1.165) is 35.7 Å². The van der Waals surface area contributed by atoms with Gasteiger partial charge < -0.3 is 10.0 Å². The van der Waals surface area contributed by atoms with Crippen molar-refractivity contribution < 1.29 is 14.7 Å². The fourth-order valence-corrected chi connectivity index (χ4v) is 5.01. The van der Waals surface area contributed by atoms with E-state index in [2.05, 4.69) is 15.3 Å². The van der Waals surface area contributed by atoms with Crippen LogP contribution in [-0.2, 0) is 4.79 Å². The maximum Gasteiger partial charge on any atom is 0.326 e. The first-order chi connectivity index (χ1) is 14.1. The molecule has 1 aliphatic carbocycles. The highest BCUT2D eigenvalue weighted by Crippen LogP contribution is 2.42. The van der Waals surface area contributed by atoms with Crippen molar-refractivity contribution in [1.29, 1.82) is 0 Å². The number of pyridine rings is 1. The van der Waals surface area contributed by atoms with Gasteiger partial charge in [-0.25, -0.2) is 9.48 Å². The van der Waals surface area contributed by atoms with E-state index in [1.54, 1.807) is 24.0 Å². The third-order valence-electron chi connectivity index (χ3n) is 6.39. The third-order valence-corrected chi connectivity index (χ3v) is 6.39. The van der Waals surface area contributed by atoms with Crippen LogP contribution in [-0.4, -0.2) is 54.4 Å². The van der Waals surface area contributed by atoms with Gasteiger partial charge in [-0.3, -0.25) is 9.78 Å². The lowest BCUT2D eigenvalue weighted by Gasteiger charge is -2.23. The van der Waals surface area contributed by atoms with Crippen molar-refractivity contribution in [2.75, 3.05) is 6.54 Å². The van der Waals surface area contributed by atoms with Crippen LogP contribution >= 0.6 is 0 Å². The number of nitrogens with zero attached hydrogens (tertiary/aromatic N) is 5. The number of hydrogen-bond acceptors (Lipinski definition) is 5. The minimum absolute atomic E-state index is 0.0392. The van der Waals surface area contributed by atoms with E-state index in [9.17, 15) is 14.7 Å². The number of benzene rings is 1. The largest absolute Gasteiger partial charge is 0.480 e. The average Bonchev–Trinajstić information content (AvgIpc) is 3.41. The molecule has 29 heavy (non-hydrogen) atoms. The molecule has 1 aliphatic heterocycles. The molecule has 0 bridgehead atoms. The lowest BCUT2D eigenvalue weighted by Crippen LogP contribution is -2.43. The number of rotatable bonds is 3. The summed E-state index contributed by atoms with van der Waals surface area (Å²) in [5.41, 5.74) is 1.62. The van der Waals surface area contributed by atoms with Crippen LogP contribution in [0.5, 0.6) is 0 Å². The standard InChI is InChI=1S/C21H21N5O3/c1-12-18(20(27)25-11-14-5-2-6-16(14)19(25)21(28)29)23-24-26(12)17-7-3-4-13-10-22-9-8-15(13)17/h3-4,7-10,14,16,19H,2,5-6,11H2,1H3,(H,28,29). The van der Waals surface area contributed by atoms with Crippen LogP contribution in [0.15, 0.2) is 36.7 Å². The van der Waals surface area contributed by atoms with E-state index in [4.69, 9.17) is 0 Å². The minimum atomic E-state index is -0.931. The van der Waals surface area contributed by atoms with Crippen LogP contribution in [0.4, 0.5) is 0 Å². The summed E-state index contributed by atoms with van der Waals surface area (Å²) in [4.78, 5) is 30.8. The molecule has 2 aliphatic rings. The molecule has 148 valence electrons. The number of carboxylic acid groups (broad SMARTS) is 1. The lowest BCUT2D eigenvalue weighted by molar-refractivity contribution is -0.142. The Morgan fingerprint density at radius 1 is 1.21 bits per heavy atom. The quantitative estimate of drug-likeness (QED) is 0.736. The van der Waals surface area contributed by atoms with Gasteiger partial charge in [0.1, 0.15) is 6.04 Å². The first-order valence-corrected chi connectivity index (χ1v) is 9.85. The fourth-order valence-electron chi connectivity index (χ4n) is 5.01. The maximum atomic E-state index is 13.3. The van der Waals surface area contributed by atoms with Gasteiger partial charge in [0, 0.05) is 29.7 Å². The van der Waals surface area contributed by atoms with Crippen molar-refractivity contribution >= 4 is 22.6 Å². The molecule has 1 aromatic carbocycles. The molecule has 3 heterocycles.